The number of aromatic nitrogens is 12. The molecule has 600 valence electrons. The first-order valence-corrected chi connectivity index (χ1v) is 44.0. The second-order valence-corrected chi connectivity index (χ2v) is 36.3. The van der Waals surface area contributed by atoms with Crippen LogP contribution in [0.5, 0.6) is 0 Å². The summed E-state index contributed by atoms with van der Waals surface area (Å²) >= 11 is 6.62. The molecule has 21 rings (SSSR count). The molecule has 21 nitrogen and oxygen atoms in total. The molecule has 4 aromatic carbocycles. The molecule has 1 saturated carbocycles. The lowest BCUT2D eigenvalue weighted by atomic mass is 10.0. The average molecular weight is 1650 g/mol. The van der Waals surface area contributed by atoms with Crippen molar-refractivity contribution in [2.45, 2.75) is 99.1 Å². The zero-order valence-electron chi connectivity index (χ0n) is 67.5. The van der Waals surface area contributed by atoms with E-state index in [1.807, 2.05) is 131 Å². The summed E-state index contributed by atoms with van der Waals surface area (Å²) in [5, 5.41) is 13.2. The molecule has 1 fully saturated rings. The molecule has 0 bridgehead atoms. The second kappa shape index (κ2) is 33.8. The Balaban J connectivity index is 0.000000109. The predicted octanol–water partition coefficient (Wildman–Crippen LogP) is 17.1. The highest BCUT2D eigenvalue weighted by molar-refractivity contribution is 7.19. The number of aliphatic hydroxyl groups excluding tert-OH is 1. The van der Waals surface area contributed by atoms with E-state index in [4.69, 9.17) is 25.0 Å². The first kappa shape index (κ1) is 78.8. The predicted molar refractivity (Wildman–Crippen MR) is 487 cm³/mol. The van der Waals surface area contributed by atoms with Crippen LogP contribution in [0, 0.1) is 27.7 Å². The fraction of sp³-hybridized carbons (Fsp3) is 0.277. The monoisotopic (exact) mass is 1650 g/mol. The number of fused-ring (bicyclic) bond motifs is 8. The van der Waals surface area contributed by atoms with Crippen LogP contribution in [0.15, 0.2) is 214 Å². The van der Waals surface area contributed by atoms with Crippen molar-refractivity contribution in [1.29, 1.82) is 0 Å². The summed E-state index contributed by atoms with van der Waals surface area (Å²) in [5.41, 5.74) is 22.4. The van der Waals surface area contributed by atoms with Crippen LogP contribution < -0.4 is 22.2 Å². The van der Waals surface area contributed by atoms with Crippen molar-refractivity contribution < 1.29 is 5.11 Å². The van der Waals surface area contributed by atoms with Crippen LogP contribution in [-0.2, 0) is 0 Å². The third-order valence-electron chi connectivity index (χ3n) is 23.0. The molecule has 25 heteroatoms. The van der Waals surface area contributed by atoms with E-state index in [1.54, 1.807) is 87.2 Å². The van der Waals surface area contributed by atoms with E-state index < -0.39 is 0 Å². The third-order valence-corrected chi connectivity index (χ3v) is 26.7. The Hall–Kier alpha value is -11.4. The standard InChI is InChI=1S/C24H22N4OS.C24H24N4OS.C23H22N4O2S.C23H22N4OS/c1-15-25-20-6-2-17(12-22(20)30-15)21-13-24(29)28-14-18(3-7-23(28)26-21)16-8-10-27(11-9-16)19-4-5-19;1-15(2)27-10-8-17(9-11-27)19-5-7-23-26-21(13-24(29)28(23)14-19)18-4-6-20-22(12-18)30-16(3)25-20;1-15-24-19-4-2-17(12-21(19)30-15)20-13-23(29)27-14-18(3-5-22(27)25-20)16-6-8-26(9-7-16)10-11-28;1-3-26-10-8-16(9-11-26)18-5-7-22-25-20(13-23(28)27(22)14-18)17-4-6-19-21(12-17)29-15(2)24-19/h2-3,6-8,12-14,19H,4-5,9-11H2,1H3;4-8,12-15H,9-11H2,1-3H3;2-6,12-14,28H,7-11H2,1H3;4-8,12-14H,3,9-11H2,1-2H3. The van der Waals surface area contributed by atoms with Crippen molar-refractivity contribution in [3.63, 3.8) is 0 Å². The number of β-amino-alcohol motifs (C(OH)–C–C–N with tert-alkyl or cyclic N) is 1. The van der Waals surface area contributed by atoms with Gasteiger partial charge in [0, 0.05) is 142 Å². The molecule has 119 heavy (non-hydrogen) atoms. The van der Waals surface area contributed by atoms with Crippen LogP contribution >= 0.6 is 45.3 Å². The summed E-state index contributed by atoms with van der Waals surface area (Å²) in [5.74, 6) is 0. The number of benzene rings is 4. The van der Waals surface area contributed by atoms with Crippen LogP contribution in [0.4, 0.5) is 0 Å². The Bertz CT molecular complexity index is 6850. The number of aryl methyl sites for hydroxylation is 4. The number of aliphatic hydroxyl groups is 1. The Morgan fingerprint density at radius 3 is 0.958 bits per heavy atom. The summed E-state index contributed by atoms with van der Waals surface area (Å²) in [6, 6.07) is 48.1. The van der Waals surface area contributed by atoms with Crippen LogP contribution in [0.3, 0.4) is 0 Å². The third kappa shape index (κ3) is 17.2. The Labute approximate surface area is 703 Å². The lowest BCUT2D eigenvalue weighted by Gasteiger charge is -2.29. The number of hydrogen-bond donors (Lipinski definition) is 1. The lowest BCUT2D eigenvalue weighted by Crippen LogP contribution is -2.34. The van der Waals surface area contributed by atoms with Gasteiger partial charge in [0.2, 0.25) is 0 Å². The number of thiazole rings is 4. The van der Waals surface area contributed by atoms with Crippen molar-refractivity contribution in [2.75, 3.05) is 72.1 Å². The van der Waals surface area contributed by atoms with Gasteiger partial charge in [-0.2, -0.15) is 0 Å². The van der Waals surface area contributed by atoms with E-state index in [-0.39, 0.29) is 28.8 Å². The Morgan fingerprint density at radius 1 is 0.370 bits per heavy atom. The summed E-state index contributed by atoms with van der Waals surface area (Å²) in [6.07, 6.45) is 23.4. The van der Waals surface area contributed by atoms with Gasteiger partial charge in [0.1, 0.15) is 22.6 Å². The van der Waals surface area contributed by atoms with Crippen LogP contribution in [-0.4, -0.2) is 166 Å². The summed E-state index contributed by atoms with van der Waals surface area (Å²) in [7, 11) is 0. The molecule has 0 atom stereocenters. The highest BCUT2D eigenvalue weighted by Gasteiger charge is 2.30. The van der Waals surface area contributed by atoms with Crippen molar-refractivity contribution in [3.05, 3.63) is 278 Å². The van der Waals surface area contributed by atoms with E-state index in [0.29, 0.717) is 58.0 Å². The van der Waals surface area contributed by atoms with Gasteiger partial charge >= 0.3 is 0 Å². The molecular formula is C94H90N16O5S4. The first-order valence-electron chi connectivity index (χ1n) is 40.8. The molecule has 0 saturated heterocycles. The van der Waals surface area contributed by atoms with Gasteiger partial charge in [0.25, 0.3) is 22.2 Å². The second-order valence-electron chi connectivity index (χ2n) is 31.3. The highest BCUT2D eigenvalue weighted by Crippen LogP contribution is 2.36. The topological polar surface area (TPSA) is 222 Å². The molecule has 12 aromatic heterocycles. The number of nitrogens with zero attached hydrogens (tertiary/aromatic N) is 16. The Morgan fingerprint density at radius 2 is 0.681 bits per heavy atom. The molecule has 1 aliphatic carbocycles. The van der Waals surface area contributed by atoms with Gasteiger partial charge in [-0.1, -0.05) is 55.5 Å². The molecule has 0 amide bonds. The minimum atomic E-state index is -0.0873. The molecular weight excluding hydrogens is 1560 g/mol. The molecule has 0 spiro atoms. The van der Waals surface area contributed by atoms with Gasteiger partial charge in [-0.05, 0) is 228 Å². The quantitative estimate of drug-likeness (QED) is 0.113. The molecule has 16 heterocycles. The van der Waals surface area contributed by atoms with E-state index in [2.05, 4.69) is 127 Å². The summed E-state index contributed by atoms with van der Waals surface area (Å²) in [6.45, 7) is 24.5. The maximum atomic E-state index is 12.9. The van der Waals surface area contributed by atoms with Gasteiger partial charge in [-0.25, -0.2) is 39.9 Å². The normalized spacial score (nSPS) is 15.8. The summed E-state index contributed by atoms with van der Waals surface area (Å²) < 4.78 is 11.0. The van der Waals surface area contributed by atoms with Crippen molar-refractivity contribution in [3.8, 4) is 45.0 Å². The van der Waals surface area contributed by atoms with Crippen LogP contribution in [0.1, 0.15) is 102 Å². The molecule has 5 aliphatic rings. The van der Waals surface area contributed by atoms with E-state index in [9.17, 15) is 19.2 Å². The minimum Gasteiger partial charge on any atom is -0.395 e. The zero-order chi connectivity index (χ0) is 81.7. The van der Waals surface area contributed by atoms with Crippen LogP contribution in [0.25, 0.3) is 131 Å². The van der Waals surface area contributed by atoms with Gasteiger partial charge in [0.05, 0.1) is 90.3 Å². The Kier molecular flexibility index (Phi) is 22.4. The zero-order valence-corrected chi connectivity index (χ0v) is 70.8. The van der Waals surface area contributed by atoms with Gasteiger partial charge in [-0.3, -0.25) is 56.4 Å². The highest BCUT2D eigenvalue weighted by atomic mass is 32.1. The molecule has 0 unspecified atom stereocenters. The van der Waals surface area contributed by atoms with Crippen molar-refractivity contribution in [1.82, 2.24) is 77.1 Å². The van der Waals surface area contributed by atoms with Gasteiger partial charge in [0.15, 0.2) is 0 Å². The number of hydrogen-bond acceptors (Lipinski definition) is 21. The summed E-state index contributed by atoms with van der Waals surface area (Å²) in [4.78, 5) is 98.2. The number of rotatable bonds is 13. The molecule has 4 aliphatic heterocycles. The SMILES string of the molecule is CCN1CC=C(c2ccc3nc(-c4ccc5nc(C)sc5c4)cc(=O)n3c2)CC1.Cc1nc2ccc(-c3cc(=O)n4cc(C5=CCN(C(C)C)CC5)ccc4n3)cc2s1.Cc1nc2ccc(-c3cc(=O)n4cc(C5=CCN(C6CC6)CC5)ccc4n3)cc2s1.Cc1nc2ccc(-c3cc(=O)n4cc(C5=CCN(CCO)CC5)ccc4n3)cc2s1. The van der Waals surface area contributed by atoms with Crippen LogP contribution in [0.2, 0.25) is 0 Å². The largest absolute Gasteiger partial charge is 0.395 e. The number of pyridine rings is 4. The molecule has 0 radical (unpaired) electrons. The van der Waals surface area contributed by atoms with E-state index in [1.165, 1.54) is 35.1 Å². The van der Waals surface area contributed by atoms with Crippen molar-refractivity contribution in [2.24, 2.45) is 0 Å². The molecule has 1 N–H and O–H groups in total. The minimum absolute atomic E-state index is 0.0477. The maximum Gasteiger partial charge on any atom is 0.258 e. The van der Waals surface area contributed by atoms with E-state index in [0.717, 1.165) is 196 Å². The smallest absolute Gasteiger partial charge is 0.258 e. The van der Waals surface area contributed by atoms with E-state index >= 15 is 0 Å². The fourth-order valence-corrected chi connectivity index (χ4v) is 19.7. The van der Waals surface area contributed by atoms with Crippen molar-refractivity contribution >= 4 is 131 Å². The average Bonchev–Trinajstić information content (AvgIpc) is 1.43. The number of likely N-dealkylation sites (N-methyl/N-ethyl adjacent to an activating group) is 1. The lowest BCUT2D eigenvalue weighted by molar-refractivity contribution is 0.208. The van der Waals surface area contributed by atoms with Gasteiger partial charge in [-0.15, -0.1) is 45.3 Å². The molecule has 16 aromatic rings. The van der Waals surface area contributed by atoms with Gasteiger partial charge < -0.3 is 5.11 Å². The first-order chi connectivity index (χ1) is 57.8. The fourth-order valence-electron chi connectivity index (χ4n) is 16.3. The maximum absolute atomic E-state index is 12.9.